The number of carbonyl (C=O) groups is 2. The molecule has 0 saturated carbocycles. The zero-order valence-corrected chi connectivity index (χ0v) is 12.4. The fourth-order valence-electron chi connectivity index (χ4n) is 2.49. The van der Waals surface area contributed by atoms with Crippen LogP contribution in [0.5, 0.6) is 0 Å². The summed E-state index contributed by atoms with van der Waals surface area (Å²) < 4.78 is 0. The number of rotatable bonds is 3. The summed E-state index contributed by atoms with van der Waals surface area (Å²) in [4.78, 5) is 26.2. The van der Waals surface area contributed by atoms with Crippen molar-refractivity contribution in [2.75, 3.05) is 6.54 Å². The average Bonchev–Trinajstić information content (AvgIpc) is 2.82. The molecule has 1 aliphatic heterocycles. The summed E-state index contributed by atoms with van der Waals surface area (Å²) >= 11 is 1.58. The van der Waals surface area contributed by atoms with Gasteiger partial charge in [0.2, 0.25) is 0 Å². The highest BCUT2D eigenvalue weighted by Crippen LogP contribution is 2.21. The molecule has 110 valence electrons. The number of hydrogen-bond donors (Lipinski definition) is 2. The first kappa shape index (κ1) is 14.8. The Hall–Kier alpha value is -1.56. The Morgan fingerprint density at radius 1 is 1.45 bits per heavy atom. The topological polar surface area (TPSA) is 69.6 Å². The van der Waals surface area contributed by atoms with Gasteiger partial charge in [-0.3, -0.25) is 0 Å². The van der Waals surface area contributed by atoms with E-state index in [2.05, 4.69) is 5.32 Å². The lowest BCUT2D eigenvalue weighted by Crippen LogP contribution is -2.49. The van der Waals surface area contributed by atoms with Gasteiger partial charge in [-0.15, -0.1) is 11.3 Å². The predicted molar refractivity (Wildman–Crippen MR) is 77.9 cm³/mol. The summed E-state index contributed by atoms with van der Waals surface area (Å²) in [5.41, 5.74) is 0. The summed E-state index contributed by atoms with van der Waals surface area (Å²) in [7, 11) is 0. The van der Waals surface area contributed by atoms with Crippen LogP contribution >= 0.6 is 11.3 Å². The molecule has 1 aromatic heterocycles. The quantitative estimate of drug-likeness (QED) is 0.901. The van der Waals surface area contributed by atoms with E-state index in [1.165, 1.54) is 4.90 Å². The third-order valence-corrected chi connectivity index (χ3v) is 4.66. The average molecular weight is 296 g/mol. The molecule has 2 unspecified atom stereocenters. The molecule has 6 heteroatoms. The highest BCUT2D eigenvalue weighted by molar-refractivity contribution is 7.10. The lowest BCUT2D eigenvalue weighted by Gasteiger charge is -2.28. The van der Waals surface area contributed by atoms with E-state index in [1.54, 1.807) is 11.3 Å². The van der Waals surface area contributed by atoms with Crippen LogP contribution in [0.15, 0.2) is 17.5 Å². The van der Waals surface area contributed by atoms with Crippen molar-refractivity contribution in [3.8, 4) is 0 Å². The molecule has 1 fully saturated rings. The third kappa shape index (κ3) is 3.50. The van der Waals surface area contributed by atoms with Gasteiger partial charge in [-0.2, -0.15) is 0 Å². The second-order valence-corrected chi connectivity index (χ2v) is 6.06. The molecule has 1 aromatic rings. The lowest BCUT2D eigenvalue weighted by atomic mass is 10.1. The number of amides is 2. The smallest absolute Gasteiger partial charge is 0.326 e. The number of carboxylic acids is 1. The van der Waals surface area contributed by atoms with Crippen LogP contribution in [0.3, 0.4) is 0 Å². The van der Waals surface area contributed by atoms with Crippen molar-refractivity contribution in [1.29, 1.82) is 0 Å². The van der Waals surface area contributed by atoms with E-state index in [0.717, 1.165) is 24.1 Å². The zero-order valence-electron chi connectivity index (χ0n) is 11.5. The number of carboxylic acid groups (broad SMARTS) is 1. The summed E-state index contributed by atoms with van der Waals surface area (Å²) in [5.74, 6) is -0.911. The number of thiophene rings is 1. The molecular formula is C14H20N2O3S. The van der Waals surface area contributed by atoms with Crippen molar-refractivity contribution in [2.45, 2.75) is 44.7 Å². The fourth-order valence-corrected chi connectivity index (χ4v) is 3.22. The molecule has 2 heterocycles. The van der Waals surface area contributed by atoms with Gasteiger partial charge in [0, 0.05) is 11.4 Å². The zero-order chi connectivity index (χ0) is 14.5. The molecule has 2 atom stereocenters. The number of aliphatic carboxylic acids is 1. The Balaban J connectivity index is 2.03. The number of likely N-dealkylation sites (tertiary alicyclic amines) is 1. The van der Waals surface area contributed by atoms with Crippen LogP contribution in [-0.4, -0.2) is 34.6 Å². The van der Waals surface area contributed by atoms with E-state index in [4.69, 9.17) is 0 Å². The molecule has 1 aliphatic rings. The van der Waals surface area contributed by atoms with Crippen LogP contribution in [0.25, 0.3) is 0 Å². The predicted octanol–water partition coefficient (Wildman–Crippen LogP) is 2.85. The van der Waals surface area contributed by atoms with E-state index in [-0.39, 0.29) is 12.1 Å². The van der Waals surface area contributed by atoms with Crippen molar-refractivity contribution in [3.63, 3.8) is 0 Å². The molecule has 0 bridgehead atoms. The first-order valence-electron chi connectivity index (χ1n) is 6.93. The number of nitrogens with zero attached hydrogens (tertiary/aromatic N) is 1. The summed E-state index contributed by atoms with van der Waals surface area (Å²) in [6.45, 7) is 2.43. The Morgan fingerprint density at radius 2 is 2.25 bits per heavy atom. The standard InChI is InChI=1S/C14H20N2O3S/c1-10(12-7-5-9-20-12)15-14(19)16-8-4-2-3-6-11(16)13(17)18/h5,7,9-11H,2-4,6,8H2,1H3,(H,15,19)(H,17,18). The van der Waals surface area contributed by atoms with Gasteiger partial charge in [0.25, 0.3) is 0 Å². The van der Waals surface area contributed by atoms with E-state index >= 15 is 0 Å². The van der Waals surface area contributed by atoms with Crippen molar-refractivity contribution in [1.82, 2.24) is 10.2 Å². The van der Waals surface area contributed by atoms with Gasteiger partial charge in [0.1, 0.15) is 6.04 Å². The summed E-state index contributed by atoms with van der Waals surface area (Å²) in [5, 5.41) is 14.1. The molecule has 2 rings (SSSR count). The SMILES string of the molecule is CC(NC(=O)N1CCCCCC1C(=O)O)c1cccs1. The molecule has 0 aromatic carbocycles. The second kappa shape index (κ2) is 6.74. The van der Waals surface area contributed by atoms with Crippen molar-refractivity contribution in [2.24, 2.45) is 0 Å². The lowest BCUT2D eigenvalue weighted by molar-refractivity contribution is -0.142. The van der Waals surface area contributed by atoms with E-state index < -0.39 is 12.0 Å². The number of hydrogen-bond acceptors (Lipinski definition) is 3. The minimum atomic E-state index is -0.911. The van der Waals surface area contributed by atoms with Gasteiger partial charge >= 0.3 is 12.0 Å². The van der Waals surface area contributed by atoms with Gasteiger partial charge < -0.3 is 15.3 Å². The van der Waals surface area contributed by atoms with Gasteiger partial charge in [0.05, 0.1) is 6.04 Å². The number of carbonyl (C=O) groups excluding carboxylic acids is 1. The van der Waals surface area contributed by atoms with Crippen LogP contribution in [0.1, 0.15) is 43.5 Å². The molecule has 2 amide bonds. The first-order valence-corrected chi connectivity index (χ1v) is 7.81. The maximum atomic E-state index is 12.3. The highest BCUT2D eigenvalue weighted by Gasteiger charge is 2.31. The first-order chi connectivity index (χ1) is 9.59. The minimum absolute atomic E-state index is 0.0970. The van der Waals surface area contributed by atoms with E-state index in [0.29, 0.717) is 13.0 Å². The Kier molecular flexibility index (Phi) is 5.00. The van der Waals surface area contributed by atoms with Crippen LogP contribution in [-0.2, 0) is 4.79 Å². The molecule has 0 aliphatic carbocycles. The number of nitrogens with one attached hydrogen (secondary N) is 1. The van der Waals surface area contributed by atoms with Gasteiger partial charge in [-0.25, -0.2) is 9.59 Å². The Bertz CT molecular complexity index is 461. The Labute approximate surface area is 122 Å². The highest BCUT2D eigenvalue weighted by atomic mass is 32.1. The molecule has 0 radical (unpaired) electrons. The van der Waals surface area contributed by atoms with E-state index in [1.807, 2.05) is 24.4 Å². The van der Waals surface area contributed by atoms with Gasteiger partial charge in [0.15, 0.2) is 0 Å². The molecular weight excluding hydrogens is 276 g/mol. The third-order valence-electron chi connectivity index (χ3n) is 3.61. The molecule has 5 nitrogen and oxygen atoms in total. The van der Waals surface area contributed by atoms with Crippen LogP contribution < -0.4 is 5.32 Å². The van der Waals surface area contributed by atoms with Crippen LogP contribution in [0.2, 0.25) is 0 Å². The second-order valence-electron chi connectivity index (χ2n) is 5.08. The van der Waals surface area contributed by atoms with Crippen LogP contribution in [0, 0.1) is 0 Å². The molecule has 20 heavy (non-hydrogen) atoms. The van der Waals surface area contributed by atoms with E-state index in [9.17, 15) is 14.7 Å². The van der Waals surface area contributed by atoms with Crippen molar-refractivity contribution in [3.05, 3.63) is 22.4 Å². The maximum Gasteiger partial charge on any atom is 0.326 e. The summed E-state index contributed by atoms with van der Waals surface area (Å²) in [6.07, 6.45) is 3.25. The Morgan fingerprint density at radius 3 is 2.90 bits per heavy atom. The minimum Gasteiger partial charge on any atom is -0.480 e. The largest absolute Gasteiger partial charge is 0.480 e. The van der Waals surface area contributed by atoms with Crippen molar-refractivity contribution < 1.29 is 14.7 Å². The molecule has 0 spiro atoms. The molecule has 1 saturated heterocycles. The number of urea groups is 1. The normalized spacial score (nSPS) is 21.1. The molecule has 2 N–H and O–H groups in total. The van der Waals surface area contributed by atoms with Gasteiger partial charge in [-0.1, -0.05) is 18.9 Å². The maximum absolute atomic E-state index is 12.3. The van der Waals surface area contributed by atoms with Crippen LogP contribution in [0.4, 0.5) is 4.79 Å². The summed E-state index contributed by atoms with van der Waals surface area (Å²) in [6, 6.07) is 2.83. The van der Waals surface area contributed by atoms with Crippen molar-refractivity contribution >= 4 is 23.3 Å². The van der Waals surface area contributed by atoms with Gasteiger partial charge in [-0.05, 0) is 31.2 Å². The fraction of sp³-hybridized carbons (Fsp3) is 0.571. The monoisotopic (exact) mass is 296 g/mol.